The van der Waals surface area contributed by atoms with E-state index in [0.29, 0.717) is 13.0 Å². The van der Waals surface area contributed by atoms with Gasteiger partial charge >= 0.3 is 5.97 Å². The van der Waals surface area contributed by atoms with Crippen molar-refractivity contribution in [3.05, 3.63) is 23.3 Å². The van der Waals surface area contributed by atoms with Gasteiger partial charge in [0.15, 0.2) is 0 Å². The fourth-order valence-corrected chi connectivity index (χ4v) is 1.07. The van der Waals surface area contributed by atoms with Gasteiger partial charge in [-0.05, 0) is 39.7 Å². The number of carbonyl (C=O) groups excluding carboxylic acids is 1. The van der Waals surface area contributed by atoms with Crippen LogP contribution < -0.4 is 0 Å². The Kier molecular flexibility index (Phi) is 7.69. The van der Waals surface area contributed by atoms with Crippen LogP contribution in [0.2, 0.25) is 0 Å². The lowest BCUT2D eigenvalue weighted by molar-refractivity contribution is -0.141. The molecule has 0 aromatic carbocycles. The van der Waals surface area contributed by atoms with Crippen LogP contribution in [-0.2, 0) is 9.53 Å². The van der Waals surface area contributed by atoms with Gasteiger partial charge in [0.1, 0.15) is 6.61 Å². The van der Waals surface area contributed by atoms with Crippen LogP contribution in [0.3, 0.4) is 0 Å². The fourth-order valence-electron chi connectivity index (χ4n) is 1.07. The van der Waals surface area contributed by atoms with E-state index in [1.54, 1.807) is 6.92 Å². The predicted molar refractivity (Wildman–Crippen MR) is 63.7 cm³/mol. The maximum absolute atomic E-state index is 10.8. The average Bonchev–Trinajstić information content (AvgIpc) is 2.17. The van der Waals surface area contributed by atoms with Gasteiger partial charge in [-0.25, -0.2) is 0 Å². The van der Waals surface area contributed by atoms with Crippen molar-refractivity contribution >= 4 is 5.97 Å². The molecule has 0 heterocycles. The minimum atomic E-state index is -0.136. The molecule has 0 aliphatic rings. The number of hydrogen-bond donors (Lipinski definition) is 0. The molecule has 0 unspecified atom stereocenters. The zero-order valence-corrected chi connectivity index (χ0v) is 10.3. The molecule has 0 aromatic rings. The molecule has 2 nitrogen and oxygen atoms in total. The molecule has 0 aromatic heterocycles. The second kappa shape index (κ2) is 8.27. The van der Waals surface area contributed by atoms with E-state index in [1.807, 2.05) is 6.08 Å². The van der Waals surface area contributed by atoms with E-state index in [2.05, 4.69) is 26.8 Å². The molecule has 0 amide bonds. The van der Waals surface area contributed by atoms with E-state index >= 15 is 0 Å². The second-order valence-electron chi connectivity index (χ2n) is 3.91. The predicted octanol–water partition coefficient (Wildman–Crippen LogP) is 3.63. The third kappa shape index (κ3) is 9.26. The quantitative estimate of drug-likeness (QED) is 0.494. The van der Waals surface area contributed by atoms with E-state index in [1.165, 1.54) is 11.1 Å². The summed E-state index contributed by atoms with van der Waals surface area (Å²) in [7, 11) is 0. The summed E-state index contributed by atoms with van der Waals surface area (Å²) in [5, 5.41) is 0. The highest BCUT2D eigenvalue weighted by molar-refractivity contribution is 5.68. The number of carbonyl (C=O) groups is 1. The summed E-state index contributed by atoms with van der Waals surface area (Å²) >= 11 is 0. The molecule has 0 aliphatic carbocycles. The zero-order valence-electron chi connectivity index (χ0n) is 10.3. The van der Waals surface area contributed by atoms with Gasteiger partial charge in [-0.3, -0.25) is 4.79 Å². The van der Waals surface area contributed by atoms with E-state index < -0.39 is 0 Å². The van der Waals surface area contributed by atoms with Crippen molar-refractivity contribution < 1.29 is 9.53 Å². The van der Waals surface area contributed by atoms with Crippen LogP contribution in [0.5, 0.6) is 0 Å². The van der Waals surface area contributed by atoms with Crippen molar-refractivity contribution in [1.82, 2.24) is 0 Å². The van der Waals surface area contributed by atoms with Crippen LogP contribution in [0.1, 0.15) is 47.0 Å². The van der Waals surface area contributed by atoms with Crippen LogP contribution in [-0.4, -0.2) is 12.6 Å². The van der Waals surface area contributed by atoms with Crippen molar-refractivity contribution in [2.75, 3.05) is 6.61 Å². The molecule has 0 spiro atoms. The maximum atomic E-state index is 10.8. The highest BCUT2D eigenvalue weighted by atomic mass is 16.5. The normalized spacial score (nSPS) is 11.1. The number of allylic oxidation sites excluding steroid dienone is 3. The van der Waals surface area contributed by atoms with Gasteiger partial charge in [-0.15, -0.1) is 0 Å². The molecule has 0 saturated carbocycles. The molecular weight excluding hydrogens is 188 g/mol. The fraction of sp³-hybridized carbons (Fsp3) is 0.615. The van der Waals surface area contributed by atoms with E-state index in [9.17, 15) is 4.79 Å². The Labute approximate surface area is 93.0 Å². The first-order valence-electron chi connectivity index (χ1n) is 5.50. The minimum Gasteiger partial charge on any atom is -0.461 e. The number of ether oxygens (including phenoxy) is 1. The first kappa shape index (κ1) is 13.9. The van der Waals surface area contributed by atoms with Gasteiger partial charge in [0.25, 0.3) is 0 Å². The Hall–Kier alpha value is -1.05. The lowest BCUT2D eigenvalue weighted by atomic mass is 10.1. The van der Waals surface area contributed by atoms with Crippen LogP contribution in [0, 0.1) is 0 Å². The van der Waals surface area contributed by atoms with E-state index in [4.69, 9.17) is 4.74 Å². The van der Waals surface area contributed by atoms with Gasteiger partial charge in [-0.2, -0.15) is 0 Å². The Morgan fingerprint density at radius 1 is 1.20 bits per heavy atom. The molecule has 0 atom stereocenters. The SMILES string of the molecule is CCC(=O)OC/C=C(\C)CCC=C(C)C. The standard InChI is InChI=1S/C13H22O2/c1-5-13(14)15-10-9-12(4)8-6-7-11(2)3/h7,9H,5-6,8,10H2,1-4H3/b12-9+. The Morgan fingerprint density at radius 2 is 1.87 bits per heavy atom. The summed E-state index contributed by atoms with van der Waals surface area (Å²) < 4.78 is 4.96. The second-order valence-corrected chi connectivity index (χ2v) is 3.91. The lowest BCUT2D eigenvalue weighted by Gasteiger charge is -2.01. The Morgan fingerprint density at radius 3 is 2.40 bits per heavy atom. The summed E-state index contributed by atoms with van der Waals surface area (Å²) in [4.78, 5) is 10.8. The van der Waals surface area contributed by atoms with Crippen molar-refractivity contribution in [2.24, 2.45) is 0 Å². The monoisotopic (exact) mass is 210 g/mol. The van der Waals surface area contributed by atoms with Crippen molar-refractivity contribution in [2.45, 2.75) is 47.0 Å². The molecule has 0 fully saturated rings. The molecule has 2 heteroatoms. The Bertz CT molecular complexity index is 245. The molecule has 0 rings (SSSR count). The summed E-state index contributed by atoms with van der Waals surface area (Å²) in [5.41, 5.74) is 2.62. The minimum absolute atomic E-state index is 0.136. The van der Waals surface area contributed by atoms with Gasteiger partial charge in [-0.1, -0.05) is 24.1 Å². The molecule has 15 heavy (non-hydrogen) atoms. The van der Waals surface area contributed by atoms with Crippen LogP contribution in [0.25, 0.3) is 0 Å². The highest BCUT2D eigenvalue weighted by Crippen LogP contribution is 2.06. The maximum Gasteiger partial charge on any atom is 0.305 e. The van der Waals surface area contributed by atoms with E-state index in [0.717, 1.165) is 12.8 Å². The van der Waals surface area contributed by atoms with Crippen molar-refractivity contribution in [3.8, 4) is 0 Å². The van der Waals surface area contributed by atoms with Crippen molar-refractivity contribution in [1.29, 1.82) is 0 Å². The number of esters is 1. The van der Waals surface area contributed by atoms with Crippen LogP contribution in [0.15, 0.2) is 23.3 Å². The summed E-state index contributed by atoms with van der Waals surface area (Å²) in [6.45, 7) is 8.48. The summed E-state index contributed by atoms with van der Waals surface area (Å²) in [6.07, 6.45) is 6.74. The molecule has 86 valence electrons. The molecule has 0 radical (unpaired) electrons. The largest absolute Gasteiger partial charge is 0.461 e. The van der Waals surface area contributed by atoms with Crippen molar-refractivity contribution in [3.63, 3.8) is 0 Å². The Balaban J connectivity index is 3.70. The van der Waals surface area contributed by atoms with E-state index in [-0.39, 0.29) is 5.97 Å². The summed E-state index contributed by atoms with van der Waals surface area (Å²) in [6, 6.07) is 0. The van der Waals surface area contributed by atoms with Gasteiger partial charge < -0.3 is 4.74 Å². The number of rotatable bonds is 6. The molecule has 0 N–H and O–H groups in total. The highest BCUT2D eigenvalue weighted by Gasteiger charge is 1.95. The molecule has 0 saturated heterocycles. The third-order valence-corrected chi connectivity index (χ3v) is 2.06. The van der Waals surface area contributed by atoms with Gasteiger partial charge in [0.2, 0.25) is 0 Å². The summed E-state index contributed by atoms with van der Waals surface area (Å²) in [5.74, 6) is -0.136. The third-order valence-electron chi connectivity index (χ3n) is 2.06. The topological polar surface area (TPSA) is 26.3 Å². The smallest absolute Gasteiger partial charge is 0.305 e. The first-order chi connectivity index (χ1) is 7.06. The average molecular weight is 210 g/mol. The number of hydrogen-bond acceptors (Lipinski definition) is 2. The molecular formula is C13H22O2. The first-order valence-corrected chi connectivity index (χ1v) is 5.50. The molecule has 0 bridgehead atoms. The van der Waals surface area contributed by atoms with Crippen LogP contribution >= 0.6 is 0 Å². The van der Waals surface area contributed by atoms with Gasteiger partial charge in [0, 0.05) is 6.42 Å². The van der Waals surface area contributed by atoms with Gasteiger partial charge in [0.05, 0.1) is 0 Å². The van der Waals surface area contributed by atoms with Crippen LogP contribution in [0.4, 0.5) is 0 Å². The lowest BCUT2D eigenvalue weighted by Crippen LogP contribution is -2.02. The zero-order chi connectivity index (χ0) is 11.7. The molecule has 0 aliphatic heterocycles.